The lowest BCUT2D eigenvalue weighted by atomic mass is 10.1. The second kappa shape index (κ2) is 6.81. The number of hydrogen-bond acceptors (Lipinski definition) is 4. The second-order valence-electron chi connectivity index (χ2n) is 5.03. The molecule has 112 valence electrons. The summed E-state index contributed by atoms with van der Waals surface area (Å²) < 4.78 is 5.09. The molecule has 3 N–H and O–H groups in total. The van der Waals surface area contributed by atoms with Crippen LogP contribution in [0.2, 0.25) is 0 Å². The van der Waals surface area contributed by atoms with Crippen LogP contribution in [0.1, 0.15) is 23.7 Å². The van der Waals surface area contributed by atoms with Crippen LogP contribution >= 0.6 is 12.4 Å². The van der Waals surface area contributed by atoms with Gasteiger partial charge in [0.05, 0.1) is 12.7 Å². The topological polar surface area (TPSA) is 75.8 Å². The first-order valence-electron chi connectivity index (χ1n) is 6.44. The monoisotopic (exact) mass is 300 g/mol. The van der Waals surface area contributed by atoms with E-state index in [-0.39, 0.29) is 35.7 Å². The van der Waals surface area contributed by atoms with Crippen LogP contribution in [0.5, 0.6) is 11.5 Å². The summed E-state index contributed by atoms with van der Waals surface area (Å²) in [4.78, 5) is 14.2. The average molecular weight is 301 g/mol. The van der Waals surface area contributed by atoms with Crippen molar-refractivity contribution < 1.29 is 14.6 Å². The number of rotatable bonds is 3. The minimum atomic E-state index is -0.167. The number of halogens is 1. The van der Waals surface area contributed by atoms with E-state index in [1.807, 2.05) is 6.92 Å². The number of nitrogens with zero attached hydrogens (tertiary/aromatic N) is 1. The predicted octanol–water partition coefficient (Wildman–Crippen LogP) is 1.63. The van der Waals surface area contributed by atoms with Gasteiger partial charge in [-0.3, -0.25) is 4.79 Å². The highest BCUT2D eigenvalue weighted by atomic mass is 35.5. The molecule has 6 heteroatoms. The highest BCUT2D eigenvalue weighted by Crippen LogP contribution is 2.29. The molecule has 2 rings (SSSR count). The van der Waals surface area contributed by atoms with Gasteiger partial charge in [0.15, 0.2) is 0 Å². The highest BCUT2D eigenvalue weighted by Gasteiger charge is 2.33. The van der Waals surface area contributed by atoms with Crippen LogP contribution in [0.4, 0.5) is 0 Å². The fraction of sp³-hybridized carbons (Fsp3) is 0.500. The van der Waals surface area contributed by atoms with Crippen molar-refractivity contribution in [3.63, 3.8) is 0 Å². The number of hydrogen-bond donors (Lipinski definition) is 2. The molecule has 1 aromatic carbocycles. The number of carbonyl (C=O) groups is 1. The van der Waals surface area contributed by atoms with E-state index in [1.54, 1.807) is 17.0 Å². The maximum absolute atomic E-state index is 12.5. The Morgan fingerprint density at radius 1 is 1.55 bits per heavy atom. The molecule has 2 atom stereocenters. The van der Waals surface area contributed by atoms with Gasteiger partial charge >= 0.3 is 0 Å². The predicted molar refractivity (Wildman–Crippen MR) is 79.6 cm³/mol. The van der Waals surface area contributed by atoms with Gasteiger partial charge in [0, 0.05) is 12.6 Å². The van der Waals surface area contributed by atoms with Crippen LogP contribution in [0.3, 0.4) is 0 Å². The summed E-state index contributed by atoms with van der Waals surface area (Å²) in [5.74, 6) is 0.712. The molecule has 0 aliphatic carbocycles. The molecule has 0 saturated carbocycles. The van der Waals surface area contributed by atoms with Crippen molar-refractivity contribution in [3.8, 4) is 11.5 Å². The van der Waals surface area contributed by atoms with Gasteiger partial charge in [-0.05, 0) is 44.0 Å². The van der Waals surface area contributed by atoms with Crippen molar-refractivity contribution in [2.45, 2.75) is 19.4 Å². The number of carbonyl (C=O) groups excluding carboxylic acids is 1. The molecule has 1 aliphatic heterocycles. The Morgan fingerprint density at radius 3 is 2.80 bits per heavy atom. The van der Waals surface area contributed by atoms with Gasteiger partial charge in [0.2, 0.25) is 0 Å². The quantitative estimate of drug-likeness (QED) is 0.889. The number of ether oxygens (including phenoxy) is 1. The Balaban J connectivity index is 0.00000200. The van der Waals surface area contributed by atoms with Crippen LogP contribution < -0.4 is 10.5 Å². The standard InChI is InChI=1S/C14H20N2O3.ClH/c1-9-5-10(7-15)8-16(9)14(18)12-6-11(19-2)3-4-13(12)17;/h3-4,6,9-10,17H,5,7-8,15H2,1-2H3;1H. The number of benzene rings is 1. The molecule has 5 nitrogen and oxygen atoms in total. The fourth-order valence-electron chi connectivity index (χ4n) is 2.56. The summed E-state index contributed by atoms with van der Waals surface area (Å²) in [7, 11) is 1.53. The summed E-state index contributed by atoms with van der Waals surface area (Å²) in [6, 6.07) is 4.82. The number of likely N-dealkylation sites (tertiary alicyclic amines) is 1. The Kier molecular flexibility index (Phi) is 5.65. The van der Waals surface area contributed by atoms with Crippen LogP contribution in [0, 0.1) is 5.92 Å². The minimum Gasteiger partial charge on any atom is -0.507 e. The molecule has 0 bridgehead atoms. The van der Waals surface area contributed by atoms with Crippen molar-refractivity contribution in [1.82, 2.24) is 4.90 Å². The summed E-state index contributed by atoms with van der Waals surface area (Å²) in [5.41, 5.74) is 5.95. The SMILES string of the molecule is COc1ccc(O)c(C(=O)N2CC(CN)CC2C)c1.Cl. The van der Waals surface area contributed by atoms with Crippen molar-refractivity contribution in [2.75, 3.05) is 20.2 Å². The highest BCUT2D eigenvalue weighted by molar-refractivity contribution is 5.97. The number of nitrogens with two attached hydrogens (primary N) is 1. The molecule has 1 aliphatic rings. The third-order valence-electron chi connectivity index (χ3n) is 3.69. The van der Waals surface area contributed by atoms with Gasteiger partial charge in [0.1, 0.15) is 11.5 Å². The molecule has 0 spiro atoms. The molecule has 2 unspecified atom stereocenters. The van der Waals surface area contributed by atoms with Crippen molar-refractivity contribution >= 4 is 18.3 Å². The second-order valence-corrected chi connectivity index (χ2v) is 5.03. The van der Waals surface area contributed by atoms with Gasteiger partial charge in [-0.25, -0.2) is 0 Å². The van der Waals surface area contributed by atoms with E-state index in [1.165, 1.54) is 13.2 Å². The molecule has 0 radical (unpaired) electrons. The molecule has 20 heavy (non-hydrogen) atoms. The summed E-state index contributed by atoms with van der Waals surface area (Å²) in [6.45, 7) is 3.23. The zero-order valence-corrected chi connectivity index (χ0v) is 12.5. The molecular formula is C14H21ClN2O3. The minimum absolute atomic E-state index is 0. The summed E-state index contributed by atoms with van der Waals surface area (Å²) >= 11 is 0. The first-order chi connectivity index (χ1) is 9.06. The van der Waals surface area contributed by atoms with Gasteiger partial charge in [-0.15, -0.1) is 12.4 Å². The van der Waals surface area contributed by atoms with E-state index in [2.05, 4.69) is 0 Å². The molecule has 0 aromatic heterocycles. The number of methoxy groups -OCH3 is 1. The fourth-order valence-corrected chi connectivity index (χ4v) is 2.56. The smallest absolute Gasteiger partial charge is 0.257 e. The largest absolute Gasteiger partial charge is 0.507 e. The molecule has 1 saturated heterocycles. The van der Waals surface area contributed by atoms with Crippen LogP contribution in [0.15, 0.2) is 18.2 Å². The van der Waals surface area contributed by atoms with Gasteiger partial charge in [0.25, 0.3) is 5.91 Å². The lowest BCUT2D eigenvalue weighted by Gasteiger charge is -2.22. The maximum atomic E-state index is 12.5. The zero-order chi connectivity index (χ0) is 14.0. The Hall–Kier alpha value is -1.46. The Labute approximate surface area is 125 Å². The molecule has 1 amide bonds. The van der Waals surface area contributed by atoms with E-state index < -0.39 is 0 Å². The van der Waals surface area contributed by atoms with Gasteiger partial charge in [-0.2, -0.15) is 0 Å². The molecular weight excluding hydrogens is 280 g/mol. The van der Waals surface area contributed by atoms with Crippen LogP contribution in [-0.4, -0.2) is 42.2 Å². The van der Waals surface area contributed by atoms with E-state index >= 15 is 0 Å². The first kappa shape index (κ1) is 16.6. The van der Waals surface area contributed by atoms with Crippen LogP contribution in [0.25, 0.3) is 0 Å². The van der Waals surface area contributed by atoms with Crippen molar-refractivity contribution in [3.05, 3.63) is 23.8 Å². The van der Waals surface area contributed by atoms with Gasteiger partial charge < -0.3 is 20.5 Å². The third kappa shape index (κ3) is 3.16. The Bertz CT molecular complexity index is 481. The van der Waals surface area contributed by atoms with E-state index in [0.29, 0.717) is 24.8 Å². The maximum Gasteiger partial charge on any atom is 0.257 e. The van der Waals surface area contributed by atoms with E-state index in [9.17, 15) is 9.90 Å². The summed E-state index contributed by atoms with van der Waals surface area (Å²) in [6.07, 6.45) is 0.910. The van der Waals surface area contributed by atoms with E-state index in [4.69, 9.17) is 10.5 Å². The summed E-state index contributed by atoms with van der Waals surface area (Å²) in [5, 5.41) is 9.84. The number of phenols is 1. The number of amides is 1. The van der Waals surface area contributed by atoms with Gasteiger partial charge in [-0.1, -0.05) is 0 Å². The zero-order valence-electron chi connectivity index (χ0n) is 11.7. The first-order valence-corrected chi connectivity index (χ1v) is 6.44. The average Bonchev–Trinajstić information content (AvgIpc) is 2.80. The van der Waals surface area contributed by atoms with E-state index in [0.717, 1.165) is 6.42 Å². The lowest BCUT2D eigenvalue weighted by molar-refractivity contribution is 0.0740. The molecule has 1 heterocycles. The Morgan fingerprint density at radius 2 is 2.25 bits per heavy atom. The number of phenolic OH excluding ortho intramolecular Hbond substituents is 1. The normalized spacial score (nSPS) is 21.4. The van der Waals surface area contributed by atoms with Crippen molar-refractivity contribution in [2.24, 2.45) is 11.7 Å². The third-order valence-corrected chi connectivity index (χ3v) is 3.69. The number of aromatic hydroxyl groups is 1. The molecule has 1 fully saturated rings. The lowest BCUT2D eigenvalue weighted by Crippen LogP contribution is -2.34. The van der Waals surface area contributed by atoms with Crippen LogP contribution in [-0.2, 0) is 0 Å². The molecule has 1 aromatic rings. The van der Waals surface area contributed by atoms with Crippen molar-refractivity contribution in [1.29, 1.82) is 0 Å².